The molecule has 2 aromatic carbocycles. The first-order valence-corrected chi connectivity index (χ1v) is 12.8. The lowest BCUT2D eigenvalue weighted by atomic mass is 9.91. The van der Waals surface area contributed by atoms with Gasteiger partial charge in [0.25, 0.3) is 0 Å². The smallest absolute Gasteiger partial charge is 0.0704 e. The standard InChI is InChI=1S/C15H19N.C11H15N.2C2H6/c1-4-11(3)14-9-13-7-6-8-16-15(13)10-12(14)5-2;1-3-9-8-12(2)11-7-5-4-6-10(9)11;2*1-2/h6-11H,4-5H2,1-3H3;4-7,9H,3,8H2,1-2H3;2*1-2H3. The van der Waals surface area contributed by atoms with E-state index in [-0.39, 0.29) is 0 Å². The highest BCUT2D eigenvalue weighted by Gasteiger charge is 2.23. The molecule has 0 amide bonds. The van der Waals surface area contributed by atoms with E-state index in [2.05, 4.69) is 87.1 Å². The van der Waals surface area contributed by atoms with Crippen LogP contribution in [0.15, 0.2) is 54.7 Å². The molecule has 0 saturated carbocycles. The molecule has 0 fully saturated rings. The summed E-state index contributed by atoms with van der Waals surface area (Å²) in [5.41, 5.74) is 7.00. The van der Waals surface area contributed by atoms with Crippen LogP contribution in [0.4, 0.5) is 5.69 Å². The maximum absolute atomic E-state index is 4.42. The average Bonchev–Trinajstić information content (AvgIpc) is 3.21. The minimum Gasteiger partial charge on any atom is -0.374 e. The minimum atomic E-state index is 0.638. The van der Waals surface area contributed by atoms with Crippen LogP contribution in [-0.2, 0) is 6.42 Å². The lowest BCUT2D eigenvalue weighted by Crippen LogP contribution is -2.14. The molecule has 0 radical (unpaired) electrons. The quantitative estimate of drug-likeness (QED) is 0.407. The van der Waals surface area contributed by atoms with E-state index >= 15 is 0 Å². The number of hydrogen-bond donors (Lipinski definition) is 0. The van der Waals surface area contributed by atoms with Gasteiger partial charge in [-0.05, 0) is 66.1 Å². The molecule has 1 aliphatic rings. The normalized spacial score (nSPS) is 14.8. The van der Waals surface area contributed by atoms with Crippen molar-refractivity contribution in [3.05, 3.63) is 71.4 Å². The Labute approximate surface area is 198 Å². The minimum absolute atomic E-state index is 0.638. The Morgan fingerprint density at radius 1 is 0.969 bits per heavy atom. The first kappa shape index (κ1) is 27.7. The van der Waals surface area contributed by atoms with Gasteiger partial charge in [-0.15, -0.1) is 0 Å². The van der Waals surface area contributed by atoms with Crippen molar-refractivity contribution in [1.29, 1.82) is 0 Å². The van der Waals surface area contributed by atoms with E-state index in [0.29, 0.717) is 5.92 Å². The van der Waals surface area contributed by atoms with E-state index in [0.717, 1.165) is 17.9 Å². The second-order valence-electron chi connectivity index (χ2n) is 7.95. The predicted octanol–water partition coefficient (Wildman–Crippen LogP) is 8.99. The van der Waals surface area contributed by atoms with Crippen molar-refractivity contribution in [3.63, 3.8) is 0 Å². The Morgan fingerprint density at radius 3 is 2.28 bits per heavy atom. The molecule has 32 heavy (non-hydrogen) atoms. The van der Waals surface area contributed by atoms with E-state index < -0.39 is 0 Å². The summed E-state index contributed by atoms with van der Waals surface area (Å²) in [6.07, 6.45) is 5.40. The van der Waals surface area contributed by atoms with E-state index in [1.165, 1.54) is 47.2 Å². The second-order valence-corrected chi connectivity index (χ2v) is 7.95. The second kappa shape index (κ2) is 14.7. The molecular formula is C30H46N2. The highest BCUT2D eigenvalue weighted by Crippen LogP contribution is 2.36. The van der Waals surface area contributed by atoms with E-state index in [9.17, 15) is 0 Å². The summed E-state index contributed by atoms with van der Waals surface area (Å²) in [4.78, 5) is 6.77. The maximum Gasteiger partial charge on any atom is 0.0704 e. The number of anilines is 1. The zero-order valence-corrected chi connectivity index (χ0v) is 22.1. The number of hydrogen-bond acceptors (Lipinski definition) is 2. The third kappa shape index (κ3) is 6.82. The van der Waals surface area contributed by atoms with Crippen LogP contribution >= 0.6 is 0 Å². The predicted molar refractivity (Wildman–Crippen MR) is 145 cm³/mol. The van der Waals surface area contributed by atoms with Crippen molar-refractivity contribution < 1.29 is 0 Å². The summed E-state index contributed by atoms with van der Waals surface area (Å²) in [5.74, 6) is 1.39. The molecule has 176 valence electrons. The number of pyridine rings is 1. The fraction of sp³-hybridized carbons (Fsp3) is 0.500. The van der Waals surface area contributed by atoms with Crippen LogP contribution < -0.4 is 4.90 Å². The maximum atomic E-state index is 4.42. The molecule has 1 aliphatic heterocycles. The number of nitrogens with zero attached hydrogens (tertiary/aromatic N) is 2. The van der Waals surface area contributed by atoms with Crippen LogP contribution in [0.25, 0.3) is 10.9 Å². The molecule has 4 rings (SSSR count). The fourth-order valence-corrected chi connectivity index (χ4v) is 4.22. The number of benzene rings is 2. The van der Waals surface area contributed by atoms with Crippen molar-refractivity contribution in [2.75, 3.05) is 18.5 Å². The highest BCUT2D eigenvalue weighted by molar-refractivity contribution is 5.80. The number of para-hydroxylation sites is 1. The van der Waals surface area contributed by atoms with Crippen molar-refractivity contribution in [2.45, 2.75) is 86.5 Å². The molecule has 0 N–H and O–H groups in total. The molecular weight excluding hydrogens is 388 g/mol. The van der Waals surface area contributed by atoms with Crippen LogP contribution in [0, 0.1) is 0 Å². The molecule has 2 atom stereocenters. The summed E-state index contributed by atoms with van der Waals surface area (Å²) in [5, 5.41) is 1.26. The van der Waals surface area contributed by atoms with E-state index in [1.807, 2.05) is 40.0 Å². The molecule has 0 saturated heterocycles. The van der Waals surface area contributed by atoms with Crippen molar-refractivity contribution in [1.82, 2.24) is 4.98 Å². The Balaban J connectivity index is 0.000000285. The van der Waals surface area contributed by atoms with Gasteiger partial charge in [-0.1, -0.05) is 79.7 Å². The van der Waals surface area contributed by atoms with Gasteiger partial charge in [-0.2, -0.15) is 0 Å². The fourth-order valence-electron chi connectivity index (χ4n) is 4.22. The number of fused-ring (bicyclic) bond motifs is 2. The van der Waals surface area contributed by atoms with Gasteiger partial charge >= 0.3 is 0 Å². The molecule has 0 spiro atoms. The first-order valence-electron chi connectivity index (χ1n) is 12.8. The Kier molecular flexibility index (Phi) is 12.7. The highest BCUT2D eigenvalue weighted by atomic mass is 15.1. The average molecular weight is 435 g/mol. The molecule has 0 aliphatic carbocycles. The Hall–Kier alpha value is -2.35. The first-order chi connectivity index (χ1) is 15.6. The van der Waals surface area contributed by atoms with Gasteiger partial charge < -0.3 is 4.90 Å². The third-order valence-electron chi connectivity index (χ3n) is 6.16. The summed E-state index contributed by atoms with van der Waals surface area (Å²) in [6.45, 7) is 18.2. The molecule has 0 bridgehead atoms. The summed E-state index contributed by atoms with van der Waals surface area (Å²) >= 11 is 0. The van der Waals surface area contributed by atoms with Gasteiger partial charge in [0.1, 0.15) is 0 Å². The zero-order chi connectivity index (χ0) is 24.1. The van der Waals surface area contributed by atoms with Gasteiger partial charge in [-0.25, -0.2) is 0 Å². The van der Waals surface area contributed by atoms with E-state index in [1.54, 1.807) is 0 Å². The Morgan fingerprint density at radius 2 is 1.66 bits per heavy atom. The lowest BCUT2D eigenvalue weighted by Gasteiger charge is -2.15. The van der Waals surface area contributed by atoms with Gasteiger partial charge in [0.15, 0.2) is 0 Å². The molecule has 2 heterocycles. The summed E-state index contributed by atoms with van der Waals surface area (Å²) in [7, 11) is 2.18. The van der Waals surface area contributed by atoms with Crippen LogP contribution in [-0.4, -0.2) is 18.6 Å². The van der Waals surface area contributed by atoms with Crippen LogP contribution in [0.1, 0.15) is 96.8 Å². The van der Waals surface area contributed by atoms with E-state index in [4.69, 9.17) is 0 Å². The van der Waals surface area contributed by atoms with Gasteiger partial charge in [0.2, 0.25) is 0 Å². The molecule has 2 unspecified atom stereocenters. The number of rotatable bonds is 4. The monoisotopic (exact) mass is 434 g/mol. The zero-order valence-electron chi connectivity index (χ0n) is 22.1. The summed E-state index contributed by atoms with van der Waals surface area (Å²) in [6, 6.07) is 17.4. The van der Waals surface area contributed by atoms with Crippen molar-refractivity contribution in [2.24, 2.45) is 0 Å². The van der Waals surface area contributed by atoms with Gasteiger partial charge in [-0.3, -0.25) is 4.98 Å². The van der Waals surface area contributed by atoms with Gasteiger partial charge in [0.05, 0.1) is 5.52 Å². The Bertz CT molecular complexity index is 916. The molecule has 3 aromatic rings. The summed E-state index contributed by atoms with van der Waals surface area (Å²) < 4.78 is 0. The largest absolute Gasteiger partial charge is 0.374 e. The molecule has 1 aromatic heterocycles. The molecule has 2 heteroatoms. The third-order valence-corrected chi connectivity index (χ3v) is 6.16. The number of aryl methyl sites for hydroxylation is 1. The van der Waals surface area contributed by atoms with Gasteiger partial charge in [0, 0.05) is 36.8 Å². The van der Waals surface area contributed by atoms with Crippen molar-refractivity contribution >= 4 is 16.6 Å². The SMILES string of the molecule is CC.CC.CCC1CN(C)c2ccccc21.CCc1cc2ncccc2cc1C(C)CC. The van der Waals surface area contributed by atoms with Crippen LogP contribution in [0.2, 0.25) is 0 Å². The molecule has 2 nitrogen and oxygen atoms in total. The van der Waals surface area contributed by atoms with Crippen molar-refractivity contribution in [3.8, 4) is 0 Å². The topological polar surface area (TPSA) is 16.1 Å². The van der Waals surface area contributed by atoms with Crippen LogP contribution in [0.3, 0.4) is 0 Å². The lowest BCUT2D eigenvalue weighted by molar-refractivity contribution is 0.696. The number of likely N-dealkylation sites (N-methyl/N-ethyl adjacent to an activating group) is 1. The number of aromatic nitrogens is 1. The van der Waals surface area contributed by atoms with Crippen LogP contribution in [0.5, 0.6) is 0 Å².